The van der Waals surface area contributed by atoms with E-state index in [1.165, 1.54) is 18.2 Å². The lowest BCUT2D eigenvalue weighted by atomic mass is 10.3. The van der Waals surface area contributed by atoms with Gasteiger partial charge in [-0.1, -0.05) is 18.2 Å². The van der Waals surface area contributed by atoms with Crippen molar-refractivity contribution in [3.05, 3.63) is 72.8 Å². The Balaban J connectivity index is 2.07. The molecular weight excluding hydrogens is 324 g/mol. The van der Waals surface area contributed by atoms with Crippen LogP contribution in [0, 0.1) is 0 Å². The van der Waals surface area contributed by atoms with Crippen LogP contribution in [0.1, 0.15) is 0 Å². The number of ether oxygens (including phenoxy) is 1. The highest BCUT2D eigenvalue weighted by Gasteiger charge is 2.22. The van der Waals surface area contributed by atoms with Gasteiger partial charge in [-0.05, 0) is 48.5 Å². The van der Waals surface area contributed by atoms with E-state index in [9.17, 15) is 8.42 Å². The minimum Gasteiger partial charge on any atom is -0.456 e. The summed E-state index contributed by atoms with van der Waals surface area (Å²) >= 11 is 0. The minimum atomic E-state index is -3.72. The third-order valence-electron chi connectivity index (χ3n) is 3.42. The normalized spacial score (nSPS) is 11.2. The molecule has 3 aromatic rings. The Bertz CT molecular complexity index is 953. The fraction of sp³-hybridized carbons (Fsp3) is 0. The molecule has 0 bridgehead atoms. The zero-order chi connectivity index (χ0) is 17.2. The maximum atomic E-state index is 12.9. The van der Waals surface area contributed by atoms with Crippen LogP contribution in [0.2, 0.25) is 0 Å². The molecule has 0 saturated carbocycles. The quantitative estimate of drug-likeness (QED) is 0.709. The maximum absolute atomic E-state index is 12.9. The number of hydrogen-bond donors (Lipinski definition) is 2. The highest BCUT2D eigenvalue weighted by atomic mass is 32.2. The third-order valence-corrected chi connectivity index (χ3v) is 5.23. The fourth-order valence-electron chi connectivity index (χ4n) is 2.22. The average molecular weight is 340 g/mol. The Morgan fingerprint density at radius 1 is 0.750 bits per heavy atom. The predicted octanol–water partition coefficient (Wildman–Crippen LogP) is 3.48. The second-order valence-corrected chi connectivity index (χ2v) is 7.11. The summed E-state index contributed by atoms with van der Waals surface area (Å²) in [4.78, 5) is 0.247. The van der Waals surface area contributed by atoms with Gasteiger partial charge in [0, 0.05) is 17.4 Å². The molecule has 3 rings (SSSR count). The number of anilines is 2. The van der Waals surface area contributed by atoms with Crippen LogP contribution < -0.4 is 16.2 Å². The number of sulfone groups is 1. The number of nitrogens with two attached hydrogens (primary N) is 2. The van der Waals surface area contributed by atoms with Gasteiger partial charge in [0.1, 0.15) is 16.4 Å². The van der Waals surface area contributed by atoms with Gasteiger partial charge in [-0.25, -0.2) is 8.42 Å². The number of rotatable bonds is 4. The molecule has 0 spiro atoms. The van der Waals surface area contributed by atoms with Crippen molar-refractivity contribution in [2.45, 2.75) is 9.79 Å². The summed E-state index contributed by atoms with van der Waals surface area (Å²) < 4.78 is 31.5. The first kappa shape index (κ1) is 15.9. The molecule has 0 heterocycles. The molecule has 0 aliphatic rings. The number of nitrogen functional groups attached to an aromatic ring is 2. The van der Waals surface area contributed by atoms with Gasteiger partial charge in [0.15, 0.2) is 0 Å². The van der Waals surface area contributed by atoms with E-state index in [-0.39, 0.29) is 15.5 Å². The molecule has 0 amide bonds. The number of hydrogen-bond acceptors (Lipinski definition) is 5. The summed E-state index contributed by atoms with van der Waals surface area (Å²) in [6, 6.07) is 19.3. The zero-order valence-electron chi connectivity index (χ0n) is 12.7. The highest BCUT2D eigenvalue weighted by molar-refractivity contribution is 7.91. The molecule has 0 aromatic heterocycles. The maximum Gasteiger partial charge on any atom is 0.210 e. The second-order valence-electron chi connectivity index (χ2n) is 5.19. The molecule has 0 aliphatic carbocycles. The van der Waals surface area contributed by atoms with Crippen molar-refractivity contribution in [1.29, 1.82) is 0 Å². The van der Waals surface area contributed by atoms with Crippen molar-refractivity contribution in [2.24, 2.45) is 0 Å². The van der Waals surface area contributed by atoms with Crippen LogP contribution in [0.5, 0.6) is 11.5 Å². The molecule has 0 fully saturated rings. The summed E-state index contributed by atoms with van der Waals surface area (Å²) in [5.74, 6) is 0.642. The SMILES string of the molecule is Nc1ccc(Oc2cc(N)ccc2S(=O)(=O)c2ccccc2)cc1. The number of benzene rings is 3. The summed E-state index contributed by atoms with van der Waals surface area (Å²) in [7, 11) is -3.72. The van der Waals surface area contributed by atoms with Crippen molar-refractivity contribution in [3.8, 4) is 11.5 Å². The molecule has 0 aliphatic heterocycles. The third kappa shape index (κ3) is 3.18. The Morgan fingerprint density at radius 2 is 1.38 bits per heavy atom. The summed E-state index contributed by atoms with van der Waals surface area (Å²) in [5.41, 5.74) is 12.4. The molecule has 5 nitrogen and oxygen atoms in total. The van der Waals surface area contributed by atoms with Crippen molar-refractivity contribution in [3.63, 3.8) is 0 Å². The standard InChI is InChI=1S/C18H16N2O3S/c19-13-6-9-15(10-7-13)23-17-12-14(20)8-11-18(17)24(21,22)16-4-2-1-3-5-16/h1-12H,19-20H2. The topological polar surface area (TPSA) is 95.4 Å². The lowest BCUT2D eigenvalue weighted by Gasteiger charge is -2.13. The van der Waals surface area contributed by atoms with E-state index in [1.807, 2.05) is 0 Å². The van der Waals surface area contributed by atoms with Crippen LogP contribution in [0.25, 0.3) is 0 Å². The molecule has 0 saturated heterocycles. The zero-order valence-corrected chi connectivity index (χ0v) is 13.5. The smallest absolute Gasteiger partial charge is 0.210 e. The second kappa shape index (κ2) is 6.25. The van der Waals surface area contributed by atoms with E-state index < -0.39 is 9.84 Å². The van der Waals surface area contributed by atoms with E-state index in [1.54, 1.807) is 54.6 Å². The fourth-order valence-corrected chi connectivity index (χ4v) is 3.60. The van der Waals surface area contributed by atoms with Gasteiger partial charge in [-0.3, -0.25) is 0 Å². The summed E-state index contributed by atoms with van der Waals surface area (Å²) in [6.45, 7) is 0. The van der Waals surface area contributed by atoms with E-state index in [0.717, 1.165) is 0 Å². The van der Waals surface area contributed by atoms with E-state index in [4.69, 9.17) is 16.2 Å². The predicted molar refractivity (Wildman–Crippen MR) is 93.7 cm³/mol. The van der Waals surface area contributed by atoms with Gasteiger partial charge < -0.3 is 16.2 Å². The van der Waals surface area contributed by atoms with Crippen LogP contribution in [-0.2, 0) is 9.84 Å². The summed E-state index contributed by atoms with van der Waals surface area (Å²) in [5, 5.41) is 0. The van der Waals surface area contributed by atoms with Crippen molar-refractivity contribution < 1.29 is 13.2 Å². The first-order valence-corrected chi connectivity index (χ1v) is 8.68. The first-order valence-electron chi connectivity index (χ1n) is 7.20. The molecular formula is C18H16N2O3S. The van der Waals surface area contributed by atoms with Crippen LogP contribution in [0.3, 0.4) is 0 Å². The molecule has 24 heavy (non-hydrogen) atoms. The molecule has 3 aromatic carbocycles. The van der Waals surface area contributed by atoms with Crippen molar-refractivity contribution in [2.75, 3.05) is 11.5 Å². The van der Waals surface area contributed by atoms with Crippen molar-refractivity contribution in [1.82, 2.24) is 0 Å². The summed E-state index contributed by atoms with van der Waals surface area (Å²) in [6.07, 6.45) is 0. The highest BCUT2D eigenvalue weighted by Crippen LogP contribution is 2.34. The lowest BCUT2D eigenvalue weighted by Crippen LogP contribution is -2.04. The van der Waals surface area contributed by atoms with Gasteiger partial charge in [0.25, 0.3) is 0 Å². The molecule has 6 heteroatoms. The van der Waals surface area contributed by atoms with Crippen LogP contribution >= 0.6 is 0 Å². The van der Waals surface area contributed by atoms with Gasteiger partial charge in [-0.2, -0.15) is 0 Å². The largest absolute Gasteiger partial charge is 0.456 e. The van der Waals surface area contributed by atoms with Crippen LogP contribution in [-0.4, -0.2) is 8.42 Å². The van der Waals surface area contributed by atoms with Gasteiger partial charge >= 0.3 is 0 Å². The Hall–Kier alpha value is -2.99. The van der Waals surface area contributed by atoms with Gasteiger partial charge in [-0.15, -0.1) is 0 Å². The van der Waals surface area contributed by atoms with Crippen LogP contribution in [0.4, 0.5) is 11.4 Å². The van der Waals surface area contributed by atoms with Gasteiger partial charge in [0.2, 0.25) is 9.84 Å². The molecule has 0 atom stereocenters. The molecule has 0 unspecified atom stereocenters. The minimum absolute atomic E-state index is 0.0553. The molecule has 0 radical (unpaired) electrons. The van der Waals surface area contributed by atoms with Crippen LogP contribution in [0.15, 0.2) is 82.6 Å². The lowest BCUT2D eigenvalue weighted by molar-refractivity contribution is 0.468. The molecule has 4 N–H and O–H groups in total. The van der Waals surface area contributed by atoms with Gasteiger partial charge in [0.05, 0.1) is 4.90 Å². The Morgan fingerprint density at radius 3 is 2.04 bits per heavy atom. The Kier molecular flexibility index (Phi) is 4.14. The Labute approximate surface area is 140 Å². The van der Waals surface area contributed by atoms with E-state index in [2.05, 4.69) is 0 Å². The van der Waals surface area contributed by atoms with E-state index in [0.29, 0.717) is 17.1 Å². The first-order chi connectivity index (χ1) is 11.5. The molecule has 122 valence electrons. The van der Waals surface area contributed by atoms with Crippen molar-refractivity contribution >= 4 is 21.2 Å². The monoisotopic (exact) mass is 340 g/mol. The average Bonchev–Trinajstić information content (AvgIpc) is 2.58. The van der Waals surface area contributed by atoms with E-state index >= 15 is 0 Å².